The zero-order valence-electron chi connectivity index (χ0n) is 10.2. The van der Waals surface area contributed by atoms with Crippen molar-refractivity contribution >= 4 is 21.6 Å². The summed E-state index contributed by atoms with van der Waals surface area (Å²) in [6.45, 7) is 2.08. The van der Waals surface area contributed by atoms with Gasteiger partial charge in [-0.05, 0) is 43.5 Å². The first-order chi connectivity index (χ1) is 8.15. The number of aliphatic hydroxyl groups excluding tert-OH is 1. The molecule has 0 aromatic heterocycles. The van der Waals surface area contributed by atoms with E-state index < -0.39 is 0 Å². The molecule has 94 valence electrons. The molecule has 1 saturated carbocycles. The van der Waals surface area contributed by atoms with Crippen LogP contribution in [0.2, 0.25) is 0 Å². The standard InChI is InChI=1S/C14H20BrNO/c1-10-7-11(15)9-12(8-10)16-13-5-3-2-4-6-14(13)17/h7-9,13-14,16-17H,2-6H2,1H3. The van der Waals surface area contributed by atoms with Gasteiger partial charge in [-0.15, -0.1) is 0 Å². The zero-order valence-corrected chi connectivity index (χ0v) is 11.8. The van der Waals surface area contributed by atoms with Crippen LogP contribution in [0, 0.1) is 6.92 Å². The topological polar surface area (TPSA) is 32.3 Å². The van der Waals surface area contributed by atoms with Gasteiger partial charge in [0.25, 0.3) is 0 Å². The molecular weight excluding hydrogens is 278 g/mol. The third-order valence-corrected chi connectivity index (χ3v) is 3.83. The van der Waals surface area contributed by atoms with E-state index in [1.807, 2.05) is 0 Å². The van der Waals surface area contributed by atoms with Crippen LogP contribution in [0.3, 0.4) is 0 Å². The van der Waals surface area contributed by atoms with E-state index >= 15 is 0 Å². The normalized spacial score (nSPS) is 25.4. The molecule has 0 radical (unpaired) electrons. The van der Waals surface area contributed by atoms with Gasteiger partial charge in [0.1, 0.15) is 0 Å². The van der Waals surface area contributed by atoms with Crippen molar-refractivity contribution in [1.29, 1.82) is 0 Å². The number of hydrogen-bond donors (Lipinski definition) is 2. The van der Waals surface area contributed by atoms with Crippen molar-refractivity contribution in [3.05, 3.63) is 28.2 Å². The number of halogens is 1. The number of benzene rings is 1. The summed E-state index contributed by atoms with van der Waals surface area (Å²) in [6.07, 6.45) is 5.37. The van der Waals surface area contributed by atoms with Gasteiger partial charge in [-0.3, -0.25) is 0 Å². The SMILES string of the molecule is Cc1cc(Br)cc(NC2CCCCCC2O)c1. The second-order valence-electron chi connectivity index (χ2n) is 4.97. The maximum atomic E-state index is 10.1. The minimum atomic E-state index is -0.211. The highest BCUT2D eigenvalue weighted by Crippen LogP contribution is 2.24. The molecule has 2 N–H and O–H groups in total. The van der Waals surface area contributed by atoms with Crippen molar-refractivity contribution in [2.75, 3.05) is 5.32 Å². The number of nitrogens with one attached hydrogen (secondary N) is 1. The van der Waals surface area contributed by atoms with Gasteiger partial charge >= 0.3 is 0 Å². The Hall–Kier alpha value is -0.540. The van der Waals surface area contributed by atoms with Crippen molar-refractivity contribution in [3.8, 4) is 0 Å². The fourth-order valence-corrected chi connectivity index (χ4v) is 3.10. The maximum Gasteiger partial charge on any atom is 0.0741 e. The molecule has 1 aliphatic rings. The largest absolute Gasteiger partial charge is 0.391 e. The number of aliphatic hydroxyl groups is 1. The van der Waals surface area contributed by atoms with Crippen LogP contribution >= 0.6 is 15.9 Å². The Morgan fingerprint density at radius 2 is 1.94 bits per heavy atom. The molecule has 1 aliphatic carbocycles. The fraction of sp³-hybridized carbons (Fsp3) is 0.571. The van der Waals surface area contributed by atoms with E-state index in [2.05, 4.69) is 46.4 Å². The van der Waals surface area contributed by atoms with E-state index in [1.54, 1.807) is 0 Å². The van der Waals surface area contributed by atoms with Gasteiger partial charge in [0, 0.05) is 10.2 Å². The van der Waals surface area contributed by atoms with Crippen LogP contribution in [0.4, 0.5) is 5.69 Å². The second-order valence-corrected chi connectivity index (χ2v) is 5.89. The van der Waals surface area contributed by atoms with Gasteiger partial charge in [-0.2, -0.15) is 0 Å². The van der Waals surface area contributed by atoms with Crippen LogP contribution in [-0.4, -0.2) is 17.3 Å². The van der Waals surface area contributed by atoms with Crippen molar-refractivity contribution in [1.82, 2.24) is 0 Å². The van der Waals surface area contributed by atoms with E-state index in [9.17, 15) is 5.11 Å². The summed E-state index contributed by atoms with van der Waals surface area (Å²) in [5.74, 6) is 0. The Labute approximate surface area is 112 Å². The lowest BCUT2D eigenvalue weighted by atomic mass is 10.1. The lowest BCUT2D eigenvalue weighted by Gasteiger charge is -2.23. The summed E-state index contributed by atoms with van der Waals surface area (Å²) in [7, 11) is 0. The van der Waals surface area contributed by atoms with Gasteiger partial charge in [-0.1, -0.05) is 35.2 Å². The van der Waals surface area contributed by atoms with E-state index in [0.29, 0.717) is 0 Å². The highest BCUT2D eigenvalue weighted by Gasteiger charge is 2.21. The van der Waals surface area contributed by atoms with Crippen LogP contribution in [-0.2, 0) is 0 Å². The molecule has 1 fully saturated rings. The Bertz CT molecular complexity index is 360. The predicted molar refractivity (Wildman–Crippen MR) is 75.4 cm³/mol. The Kier molecular flexibility index (Phi) is 4.46. The number of aryl methyl sites for hydroxylation is 1. The molecule has 0 amide bonds. The summed E-state index contributed by atoms with van der Waals surface area (Å²) in [4.78, 5) is 0. The number of anilines is 1. The van der Waals surface area contributed by atoms with Crippen molar-refractivity contribution in [2.24, 2.45) is 0 Å². The lowest BCUT2D eigenvalue weighted by Crippen LogP contribution is -2.32. The number of hydrogen-bond acceptors (Lipinski definition) is 2. The molecule has 1 aromatic rings. The smallest absolute Gasteiger partial charge is 0.0741 e. The van der Waals surface area contributed by atoms with Crippen LogP contribution in [0.25, 0.3) is 0 Å². The minimum absolute atomic E-state index is 0.200. The van der Waals surface area contributed by atoms with Crippen LogP contribution in [0.15, 0.2) is 22.7 Å². The molecule has 2 atom stereocenters. The van der Waals surface area contributed by atoms with Gasteiger partial charge in [-0.25, -0.2) is 0 Å². The summed E-state index contributed by atoms with van der Waals surface area (Å²) >= 11 is 3.51. The van der Waals surface area contributed by atoms with Crippen LogP contribution in [0.5, 0.6) is 0 Å². The van der Waals surface area contributed by atoms with Crippen molar-refractivity contribution < 1.29 is 5.11 Å². The molecule has 2 rings (SSSR count). The van der Waals surface area contributed by atoms with E-state index in [-0.39, 0.29) is 12.1 Å². The van der Waals surface area contributed by atoms with Gasteiger partial charge in [0.05, 0.1) is 12.1 Å². The summed E-state index contributed by atoms with van der Waals surface area (Å²) in [6, 6.07) is 6.49. The Morgan fingerprint density at radius 3 is 2.71 bits per heavy atom. The molecule has 0 saturated heterocycles. The molecule has 0 bridgehead atoms. The zero-order chi connectivity index (χ0) is 12.3. The molecule has 0 heterocycles. The first kappa shape index (κ1) is 12.9. The van der Waals surface area contributed by atoms with Crippen molar-refractivity contribution in [3.63, 3.8) is 0 Å². The Morgan fingerprint density at radius 1 is 1.18 bits per heavy atom. The maximum absolute atomic E-state index is 10.1. The van der Waals surface area contributed by atoms with Gasteiger partial charge in [0.2, 0.25) is 0 Å². The van der Waals surface area contributed by atoms with E-state index in [1.165, 1.54) is 18.4 Å². The van der Waals surface area contributed by atoms with Gasteiger partial charge < -0.3 is 10.4 Å². The van der Waals surface area contributed by atoms with E-state index in [4.69, 9.17) is 0 Å². The molecule has 2 unspecified atom stereocenters. The minimum Gasteiger partial charge on any atom is -0.391 e. The average molecular weight is 298 g/mol. The highest BCUT2D eigenvalue weighted by atomic mass is 79.9. The molecule has 0 aliphatic heterocycles. The molecular formula is C14H20BrNO. The Balaban J connectivity index is 2.07. The lowest BCUT2D eigenvalue weighted by molar-refractivity contribution is 0.144. The fourth-order valence-electron chi connectivity index (χ4n) is 2.49. The summed E-state index contributed by atoms with van der Waals surface area (Å²) in [5.41, 5.74) is 2.33. The van der Waals surface area contributed by atoms with Crippen LogP contribution in [0.1, 0.15) is 37.7 Å². The second kappa shape index (κ2) is 5.87. The third kappa shape index (κ3) is 3.71. The molecule has 0 spiro atoms. The quantitative estimate of drug-likeness (QED) is 0.813. The predicted octanol–water partition coefficient (Wildman–Crippen LogP) is 3.86. The third-order valence-electron chi connectivity index (χ3n) is 3.37. The van der Waals surface area contributed by atoms with E-state index in [0.717, 1.165) is 29.4 Å². The average Bonchev–Trinajstić information content (AvgIpc) is 2.43. The molecule has 17 heavy (non-hydrogen) atoms. The first-order valence-corrected chi connectivity index (χ1v) is 7.16. The molecule has 3 heteroatoms. The molecule has 2 nitrogen and oxygen atoms in total. The number of rotatable bonds is 2. The molecule has 1 aromatic carbocycles. The van der Waals surface area contributed by atoms with Gasteiger partial charge in [0.15, 0.2) is 0 Å². The highest BCUT2D eigenvalue weighted by molar-refractivity contribution is 9.10. The van der Waals surface area contributed by atoms with Crippen molar-refractivity contribution in [2.45, 2.75) is 51.2 Å². The summed E-state index contributed by atoms with van der Waals surface area (Å²) < 4.78 is 1.09. The van der Waals surface area contributed by atoms with Crippen LogP contribution < -0.4 is 5.32 Å². The monoisotopic (exact) mass is 297 g/mol. The summed E-state index contributed by atoms with van der Waals surface area (Å²) in [5, 5.41) is 13.5. The first-order valence-electron chi connectivity index (χ1n) is 6.37.